The van der Waals surface area contributed by atoms with Gasteiger partial charge in [0.25, 0.3) is 0 Å². The molecule has 3 fully saturated rings. The number of piperidine rings is 1. The van der Waals surface area contributed by atoms with E-state index in [-0.39, 0.29) is 78.1 Å². The molecule has 2 aromatic heterocycles. The quantitative estimate of drug-likeness (QED) is 0.129. The Morgan fingerprint density at radius 2 is 1.60 bits per heavy atom. The van der Waals surface area contributed by atoms with Gasteiger partial charge < -0.3 is 29.7 Å². The number of pyridine rings is 1. The zero-order valence-electron chi connectivity index (χ0n) is 31.6. The predicted molar refractivity (Wildman–Crippen MR) is 195 cm³/mol. The van der Waals surface area contributed by atoms with Crippen LogP contribution in [0.25, 0.3) is 32.9 Å². The highest BCUT2D eigenvalue weighted by Crippen LogP contribution is 2.55. The smallest absolute Gasteiger partial charge is 0.435 e. The number of fused-ring (bicyclic) bond motifs is 3. The maximum absolute atomic E-state index is 17.1. The number of anilines is 1. The van der Waals surface area contributed by atoms with Crippen molar-refractivity contribution in [3.63, 3.8) is 0 Å². The first-order valence-corrected chi connectivity index (χ1v) is 19.2. The Hall–Kier alpha value is -4.74. The van der Waals surface area contributed by atoms with Gasteiger partial charge in [-0.1, -0.05) is 12.0 Å². The molecule has 4 aromatic rings. The Morgan fingerprint density at radius 3 is 2.25 bits per heavy atom. The lowest BCUT2D eigenvalue weighted by Gasteiger charge is -2.40. The Balaban J connectivity index is 1.04. The van der Waals surface area contributed by atoms with E-state index in [0.717, 1.165) is 6.07 Å². The first-order valence-electron chi connectivity index (χ1n) is 19.2. The van der Waals surface area contributed by atoms with Gasteiger partial charge in [-0.3, -0.25) is 0 Å². The molecule has 0 bridgehead atoms. The molecule has 0 radical (unpaired) electrons. The van der Waals surface area contributed by atoms with E-state index in [1.54, 1.807) is 0 Å². The number of nitrogens with zero attached hydrogens (tertiary/aromatic N) is 5. The van der Waals surface area contributed by atoms with Gasteiger partial charge in [0.15, 0.2) is 5.82 Å². The summed E-state index contributed by atoms with van der Waals surface area (Å²) in [6, 6.07) is 5.05. The number of likely N-dealkylation sites (tertiary alicyclic amines) is 1. The number of hydrogen-bond donors (Lipinski definition) is 2. The maximum atomic E-state index is 17.1. The van der Waals surface area contributed by atoms with Crippen molar-refractivity contribution in [1.82, 2.24) is 25.2 Å². The fourth-order valence-electron chi connectivity index (χ4n) is 8.69. The van der Waals surface area contributed by atoms with E-state index in [2.05, 4.69) is 25.9 Å². The summed E-state index contributed by atoms with van der Waals surface area (Å²) in [5, 5.41) is 14.9. The molecule has 1 atom stereocenters. The third-order valence-electron chi connectivity index (χ3n) is 12.1. The number of hydrogen-bond acceptors (Lipinski definition) is 9. The van der Waals surface area contributed by atoms with Gasteiger partial charge in [-0.2, -0.15) is 49.5 Å². The van der Waals surface area contributed by atoms with Gasteiger partial charge in [0.2, 0.25) is 0 Å². The number of phenolic OH excluding ortho intramolecular Hbond substituents is 1. The number of aryl methyl sites for hydroxylation is 1. The van der Waals surface area contributed by atoms with Crippen LogP contribution in [-0.4, -0.2) is 108 Å². The first kappa shape index (κ1) is 42.0. The summed E-state index contributed by atoms with van der Waals surface area (Å²) in [6.45, 7) is 1.18. The Labute approximate surface area is 335 Å². The number of rotatable bonds is 9. The summed E-state index contributed by atoms with van der Waals surface area (Å²) < 4.78 is 162. The first-order chi connectivity index (χ1) is 28.3. The molecule has 2 saturated heterocycles. The van der Waals surface area contributed by atoms with E-state index >= 15 is 8.78 Å². The molecule has 60 heavy (non-hydrogen) atoms. The minimum absolute atomic E-state index is 0.00841. The minimum atomic E-state index is -6.79. The predicted octanol–water partition coefficient (Wildman–Crippen LogP) is 7.85. The molecule has 5 heterocycles. The van der Waals surface area contributed by atoms with Gasteiger partial charge in [0.1, 0.15) is 28.6 Å². The lowest BCUT2D eigenvalue weighted by Crippen LogP contribution is -2.68. The van der Waals surface area contributed by atoms with Crippen LogP contribution in [0.4, 0.5) is 54.1 Å². The fraction of sp³-hybridized carbons (Fsp3) is 0.525. The van der Waals surface area contributed by atoms with Crippen molar-refractivity contribution in [2.45, 2.75) is 68.7 Å². The molecule has 20 heteroatoms. The molecule has 322 valence electrons. The highest BCUT2D eigenvalue weighted by Gasteiger charge is 2.85. The molecule has 3 aliphatic heterocycles. The van der Waals surface area contributed by atoms with Crippen LogP contribution in [-0.2, 0) is 11.2 Å². The van der Waals surface area contributed by atoms with Crippen molar-refractivity contribution in [2.75, 3.05) is 57.4 Å². The number of halogens is 11. The molecule has 9 nitrogen and oxygen atoms in total. The van der Waals surface area contributed by atoms with Crippen LogP contribution < -0.4 is 15.0 Å². The molecular formula is C40H37F11N6O3. The number of benzene rings is 2. The standard InChI is InChI=1S/C40H37F11N6O3/c1-2-25-27(41)5-3-22-15-24(58)16-26(29(22)25)32-31(42)33-30-28(53-32)6-4-23-17-52-11-14-57(23)34(30)55-35(54-33)59-20-36(9-10-36)19-56-12-7-21(8-13-56)18-60-37(38(43,44)45,39(46,47)48)40(49,50)51/h1,3,5,15-16,21,23,52,58H,4,6-14,17-20H2/t23-/m1/s1. The summed E-state index contributed by atoms with van der Waals surface area (Å²) in [4.78, 5) is 18.1. The minimum Gasteiger partial charge on any atom is -0.508 e. The van der Waals surface area contributed by atoms with Crippen molar-refractivity contribution >= 4 is 27.5 Å². The molecule has 1 aliphatic carbocycles. The lowest BCUT2D eigenvalue weighted by molar-refractivity contribution is -0.458. The summed E-state index contributed by atoms with van der Waals surface area (Å²) in [7, 11) is 0. The summed E-state index contributed by atoms with van der Waals surface area (Å²) in [5.41, 5.74) is -6.67. The van der Waals surface area contributed by atoms with Crippen LogP contribution >= 0.6 is 0 Å². The van der Waals surface area contributed by atoms with Crippen molar-refractivity contribution in [1.29, 1.82) is 0 Å². The highest BCUT2D eigenvalue weighted by molar-refractivity contribution is 6.03. The second-order valence-electron chi connectivity index (χ2n) is 16.0. The Morgan fingerprint density at radius 1 is 0.900 bits per heavy atom. The number of phenols is 1. The number of nitrogens with one attached hydrogen (secondary N) is 1. The third kappa shape index (κ3) is 7.29. The van der Waals surface area contributed by atoms with Crippen LogP contribution in [0, 0.1) is 35.3 Å². The van der Waals surface area contributed by atoms with Gasteiger partial charge >= 0.3 is 30.1 Å². The van der Waals surface area contributed by atoms with E-state index in [9.17, 15) is 44.6 Å². The molecular weight excluding hydrogens is 821 g/mol. The van der Waals surface area contributed by atoms with E-state index in [1.165, 1.54) is 18.2 Å². The summed E-state index contributed by atoms with van der Waals surface area (Å²) in [5.74, 6) is -0.0574. The lowest BCUT2D eigenvalue weighted by atomic mass is 9.95. The summed E-state index contributed by atoms with van der Waals surface area (Å²) in [6.07, 6.45) is -12.3. The van der Waals surface area contributed by atoms with Gasteiger partial charge in [-0.25, -0.2) is 13.8 Å². The molecule has 8 rings (SSSR count). The highest BCUT2D eigenvalue weighted by atomic mass is 19.4. The molecule has 0 unspecified atom stereocenters. The number of terminal acetylenes is 1. The molecule has 4 aliphatic rings. The van der Waals surface area contributed by atoms with E-state index in [4.69, 9.17) is 21.1 Å². The van der Waals surface area contributed by atoms with Gasteiger partial charge in [0.05, 0.1) is 29.9 Å². The topological polar surface area (TPSA) is 95.9 Å². The molecule has 2 aromatic carbocycles. The normalized spacial score (nSPS) is 20.2. The van der Waals surface area contributed by atoms with E-state index in [0.29, 0.717) is 74.1 Å². The average molecular weight is 859 g/mol. The second kappa shape index (κ2) is 15.0. The van der Waals surface area contributed by atoms with Crippen LogP contribution in [0.5, 0.6) is 11.8 Å². The number of ether oxygens (including phenoxy) is 2. The van der Waals surface area contributed by atoms with Crippen LogP contribution in [0.1, 0.15) is 43.4 Å². The number of alkyl halides is 9. The molecule has 0 spiro atoms. The maximum Gasteiger partial charge on any atom is 0.435 e. The zero-order valence-corrected chi connectivity index (χ0v) is 31.6. The van der Waals surface area contributed by atoms with Gasteiger partial charge in [-0.05, 0) is 81.1 Å². The molecule has 2 N–H and O–H groups in total. The molecule has 0 amide bonds. The number of piperazine rings is 1. The third-order valence-corrected chi connectivity index (χ3v) is 12.1. The van der Waals surface area contributed by atoms with Crippen LogP contribution in [0.2, 0.25) is 0 Å². The summed E-state index contributed by atoms with van der Waals surface area (Å²) >= 11 is 0. The van der Waals surface area contributed by atoms with Gasteiger partial charge in [0, 0.05) is 48.6 Å². The Kier molecular flexibility index (Phi) is 10.5. The van der Waals surface area contributed by atoms with Crippen molar-refractivity contribution < 1.29 is 62.9 Å². The number of aromatic hydroxyl groups is 1. The van der Waals surface area contributed by atoms with Crippen molar-refractivity contribution in [3.8, 4) is 35.4 Å². The second-order valence-corrected chi connectivity index (χ2v) is 16.0. The number of aromatic nitrogens is 3. The fourth-order valence-corrected chi connectivity index (χ4v) is 8.69. The van der Waals surface area contributed by atoms with Gasteiger partial charge in [-0.15, -0.1) is 6.42 Å². The molecule has 1 saturated carbocycles. The largest absolute Gasteiger partial charge is 0.508 e. The van der Waals surface area contributed by atoms with E-state index in [1.807, 2.05) is 4.90 Å². The van der Waals surface area contributed by atoms with Crippen LogP contribution in [0.3, 0.4) is 0 Å². The van der Waals surface area contributed by atoms with Crippen LogP contribution in [0.15, 0.2) is 24.3 Å². The van der Waals surface area contributed by atoms with E-state index < -0.39 is 53.7 Å². The SMILES string of the molecule is C#Cc1c(F)ccc2cc(O)cc(-c3nc4c5c(nc(OCC6(CN7CCC(COC(C(F)(F)F)(C(F)(F)F)C(F)(F)F)CC7)CC6)nc5c3F)N3CCNC[C@H]3CC4)c12. The Bertz CT molecular complexity index is 2320. The monoisotopic (exact) mass is 858 g/mol. The zero-order chi connectivity index (χ0) is 43.0. The van der Waals surface area contributed by atoms with Crippen molar-refractivity contribution in [3.05, 3.63) is 47.2 Å². The average Bonchev–Trinajstić information content (AvgIpc) is 3.97. The van der Waals surface area contributed by atoms with Crippen molar-refractivity contribution in [2.24, 2.45) is 11.3 Å².